The molecule has 0 aliphatic heterocycles. The summed E-state index contributed by atoms with van der Waals surface area (Å²) in [6.07, 6.45) is 2.00. The first-order valence-electron chi connectivity index (χ1n) is 12.1. The van der Waals surface area contributed by atoms with Crippen molar-refractivity contribution in [2.75, 3.05) is 21.9 Å². The molecule has 3 aromatic heterocycles. The second kappa shape index (κ2) is 11.3. The Bertz CT molecular complexity index is 1910. The van der Waals surface area contributed by atoms with E-state index in [1.807, 2.05) is 0 Å². The van der Waals surface area contributed by atoms with Gasteiger partial charge in [-0.15, -0.1) is 5.10 Å². The molecule has 6 N–H and O–H groups in total. The van der Waals surface area contributed by atoms with Gasteiger partial charge in [-0.3, -0.25) is 19.6 Å². The highest BCUT2D eigenvalue weighted by atomic mass is 35.5. The van der Waals surface area contributed by atoms with E-state index < -0.39 is 27.2 Å². The SMILES string of the molecule is CC(=O)Nc1nc(NCCc2ccc(NS(=O)(=O)c3cc(Cl)c(O)c(C(N)=O)c3)cc2)nc2nc(-c3ccco3)nn12. The van der Waals surface area contributed by atoms with Crippen LogP contribution in [0.5, 0.6) is 5.75 Å². The van der Waals surface area contributed by atoms with Crippen LogP contribution >= 0.6 is 11.6 Å². The lowest BCUT2D eigenvalue weighted by Gasteiger charge is -2.11. The number of anilines is 3. The Hall–Kier alpha value is -5.22. The van der Waals surface area contributed by atoms with E-state index in [0.717, 1.165) is 17.7 Å². The van der Waals surface area contributed by atoms with Crippen molar-refractivity contribution in [2.45, 2.75) is 18.2 Å². The standard InChI is InChI=1S/C25H22ClN9O6S/c1-13(36)29-24-31-23(32-25-30-22(33-35(24)25)19-3-2-10-41-19)28-9-8-14-4-6-15(7-5-14)34-42(39,40)16-11-17(21(27)38)20(37)18(26)12-16/h2-7,10-12,34,37H,8-9H2,1H3,(H2,27,38)(H2,28,29,30,31,32,33,36). The Morgan fingerprint density at radius 3 is 2.55 bits per heavy atom. The maximum Gasteiger partial charge on any atom is 0.261 e. The lowest BCUT2D eigenvalue weighted by atomic mass is 10.1. The molecule has 5 aromatic rings. The van der Waals surface area contributed by atoms with Gasteiger partial charge in [-0.2, -0.15) is 19.5 Å². The molecule has 3 heterocycles. The Balaban J connectivity index is 1.26. The summed E-state index contributed by atoms with van der Waals surface area (Å²) in [6, 6.07) is 11.9. The van der Waals surface area contributed by atoms with Gasteiger partial charge in [-0.05, 0) is 48.4 Å². The van der Waals surface area contributed by atoms with E-state index in [1.165, 1.54) is 17.7 Å². The van der Waals surface area contributed by atoms with Gasteiger partial charge in [0.25, 0.3) is 21.7 Å². The molecule has 0 aliphatic rings. The smallest absolute Gasteiger partial charge is 0.261 e. The quantitative estimate of drug-likeness (QED) is 0.154. The molecule has 0 saturated heterocycles. The average molecular weight is 612 g/mol. The van der Waals surface area contributed by atoms with Crippen molar-refractivity contribution in [3.8, 4) is 17.3 Å². The van der Waals surface area contributed by atoms with Gasteiger partial charge >= 0.3 is 0 Å². The van der Waals surface area contributed by atoms with E-state index in [9.17, 15) is 23.1 Å². The lowest BCUT2D eigenvalue weighted by molar-refractivity contribution is -0.114. The number of nitrogens with one attached hydrogen (secondary N) is 3. The van der Waals surface area contributed by atoms with Gasteiger partial charge in [-0.25, -0.2) is 8.42 Å². The number of halogens is 1. The highest BCUT2D eigenvalue weighted by Crippen LogP contribution is 2.31. The Kier molecular flexibility index (Phi) is 7.64. The van der Waals surface area contributed by atoms with Gasteiger partial charge in [0.1, 0.15) is 5.75 Å². The fourth-order valence-corrected chi connectivity index (χ4v) is 5.20. The molecule has 2 amide bonds. The van der Waals surface area contributed by atoms with Crippen molar-refractivity contribution in [3.05, 3.63) is 70.9 Å². The van der Waals surface area contributed by atoms with Crippen molar-refractivity contribution < 1.29 is 27.5 Å². The molecule has 0 aliphatic carbocycles. The zero-order valence-electron chi connectivity index (χ0n) is 21.7. The minimum atomic E-state index is -4.15. The van der Waals surface area contributed by atoms with E-state index in [4.69, 9.17) is 21.8 Å². The summed E-state index contributed by atoms with van der Waals surface area (Å²) < 4.78 is 34.7. The maximum absolute atomic E-state index is 12.8. The Morgan fingerprint density at radius 2 is 1.88 bits per heavy atom. The number of primary amides is 1. The molecular weight excluding hydrogens is 590 g/mol. The van der Waals surface area contributed by atoms with Gasteiger partial charge in [0, 0.05) is 19.2 Å². The number of aromatic hydroxyl groups is 1. The molecule has 0 unspecified atom stereocenters. The molecule has 0 fully saturated rings. The van der Waals surface area contributed by atoms with E-state index in [2.05, 4.69) is 35.4 Å². The highest BCUT2D eigenvalue weighted by Gasteiger charge is 2.21. The number of benzene rings is 2. The summed E-state index contributed by atoms with van der Waals surface area (Å²) in [5.74, 6) is -0.760. The molecule has 0 spiro atoms. The highest BCUT2D eigenvalue weighted by molar-refractivity contribution is 7.92. The van der Waals surface area contributed by atoms with Crippen LogP contribution in [0.1, 0.15) is 22.8 Å². The van der Waals surface area contributed by atoms with Crippen molar-refractivity contribution in [2.24, 2.45) is 5.73 Å². The molecule has 2 aromatic carbocycles. The summed E-state index contributed by atoms with van der Waals surface area (Å²) in [5.41, 5.74) is 5.90. The maximum atomic E-state index is 12.8. The van der Waals surface area contributed by atoms with E-state index >= 15 is 0 Å². The molecular formula is C25H22ClN9O6S. The van der Waals surface area contributed by atoms with Gasteiger partial charge in [-0.1, -0.05) is 23.7 Å². The molecule has 5 rings (SSSR count). The third kappa shape index (κ3) is 6.08. The molecule has 0 saturated carbocycles. The third-order valence-electron chi connectivity index (χ3n) is 5.75. The van der Waals surface area contributed by atoms with Crippen molar-refractivity contribution in [1.82, 2.24) is 24.6 Å². The first-order valence-corrected chi connectivity index (χ1v) is 14.0. The number of carbonyl (C=O) groups is 2. The summed E-state index contributed by atoms with van der Waals surface area (Å²) in [7, 11) is -4.15. The van der Waals surface area contributed by atoms with Crippen LogP contribution in [0.3, 0.4) is 0 Å². The summed E-state index contributed by atoms with van der Waals surface area (Å²) >= 11 is 5.87. The monoisotopic (exact) mass is 611 g/mol. The first kappa shape index (κ1) is 28.3. The van der Waals surface area contributed by atoms with Gasteiger partial charge in [0.05, 0.1) is 21.7 Å². The fraction of sp³-hybridized carbons (Fsp3) is 0.120. The second-order valence-electron chi connectivity index (χ2n) is 8.82. The number of furan rings is 1. The molecule has 0 bridgehead atoms. The minimum Gasteiger partial charge on any atom is -0.506 e. The lowest BCUT2D eigenvalue weighted by Crippen LogP contribution is -2.16. The Morgan fingerprint density at radius 1 is 1.12 bits per heavy atom. The topological polar surface area (TPSA) is 220 Å². The number of carbonyl (C=O) groups excluding carboxylic acids is 2. The molecule has 216 valence electrons. The molecule has 0 radical (unpaired) electrons. The number of hydrogen-bond acceptors (Lipinski definition) is 11. The van der Waals surface area contributed by atoms with E-state index in [0.29, 0.717) is 18.7 Å². The van der Waals surface area contributed by atoms with Gasteiger partial charge < -0.3 is 20.6 Å². The zero-order chi connectivity index (χ0) is 30.0. The van der Waals surface area contributed by atoms with Crippen LogP contribution < -0.4 is 21.1 Å². The van der Waals surface area contributed by atoms with Gasteiger partial charge in [0.2, 0.25) is 23.6 Å². The number of rotatable bonds is 10. The van der Waals surface area contributed by atoms with Crippen LogP contribution in [-0.2, 0) is 21.2 Å². The molecule has 0 atom stereocenters. The Labute approximate surface area is 242 Å². The van der Waals surface area contributed by atoms with Crippen LogP contribution in [-0.4, -0.2) is 56.4 Å². The van der Waals surface area contributed by atoms with Crippen LogP contribution in [0.25, 0.3) is 17.4 Å². The summed E-state index contributed by atoms with van der Waals surface area (Å²) in [4.78, 5) is 35.9. The summed E-state index contributed by atoms with van der Waals surface area (Å²) in [5, 5.41) is 19.5. The van der Waals surface area contributed by atoms with E-state index in [1.54, 1.807) is 36.4 Å². The number of fused-ring (bicyclic) bond motifs is 1. The predicted molar refractivity (Wildman–Crippen MR) is 152 cm³/mol. The van der Waals surface area contributed by atoms with Crippen LogP contribution in [0.15, 0.2) is 64.1 Å². The number of aromatic nitrogens is 5. The summed E-state index contributed by atoms with van der Waals surface area (Å²) in [6.45, 7) is 1.73. The second-order valence-corrected chi connectivity index (χ2v) is 10.9. The fourth-order valence-electron chi connectivity index (χ4n) is 3.80. The number of nitrogens with zero attached hydrogens (tertiary/aromatic N) is 5. The predicted octanol–water partition coefficient (Wildman–Crippen LogP) is 2.65. The molecule has 42 heavy (non-hydrogen) atoms. The average Bonchev–Trinajstić information content (AvgIpc) is 3.61. The zero-order valence-corrected chi connectivity index (χ0v) is 23.3. The number of sulfonamides is 1. The number of amides is 2. The van der Waals surface area contributed by atoms with Crippen LogP contribution in [0.2, 0.25) is 5.02 Å². The number of hydrogen-bond donors (Lipinski definition) is 5. The van der Waals surface area contributed by atoms with E-state index in [-0.39, 0.29) is 45.0 Å². The van der Waals surface area contributed by atoms with Crippen molar-refractivity contribution in [1.29, 1.82) is 0 Å². The van der Waals surface area contributed by atoms with Crippen LogP contribution in [0.4, 0.5) is 17.6 Å². The van der Waals surface area contributed by atoms with Gasteiger partial charge in [0.15, 0.2) is 5.76 Å². The van der Waals surface area contributed by atoms with Crippen molar-refractivity contribution in [3.63, 3.8) is 0 Å². The molecule has 17 heteroatoms. The first-order chi connectivity index (χ1) is 20.0. The third-order valence-corrected chi connectivity index (χ3v) is 7.40. The number of phenols is 1. The molecule has 15 nitrogen and oxygen atoms in total. The van der Waals surface area contributed by atoms with Crippen molar-refractivity contribution >= 4 is 56.8 Å². The number of nitrogens with two attached hydrogens (primary N) is 1. The minimum absolute atomic E-state index is 0.120. The largest absolute Gasteiger partial charge is 0.506 e. The van der Waals surface area contributed by atoms with Crippen LogP contribution in [0, 0.1) is 0 Å². The normalized spacial score (nSPS) is 11.4.